The number of hydrogen-bond acceptors (Lipinski definition) is 4. The number of piperidine rings is 1. The van der Waals surface area contributed by atoms with Crippen LogP contribution in [0.3, 0.4) is 0 Å². The highest BCUT2D eigenvalue weighted by atomic mass is 32.2. The van der Waals surface area contributed by atoms with Gasteiger partial charge in [-0.05, 0) is 50.9 Å². The van der Waals surface area contributed by atoms with E-state index in [0.717, 1.165) is 51.0 Å². The number of amides is 1. The van der Waals surface area contributed by atoms with Gasteiger partial charge in [0.1, 0.15) is 9.84 Å². The molecule has 1 fully saturated rings. The number of rotatable bonds is 8. The molecule has 140 valence electrons. The zero-order valence-corrected chi connectivity index (χ0v) is 16.2. The van der Waals surface area contributed by atoms with Crippen molar-refractivity contribution >= 4 is 15.7 Å². The van der Waals surface area contributed by atoms with Crippen LogP contribution in [0.15, 0.2) is 30.3 Å². The minimum atomic E-state index is -2.90. The lowest BCUT2D eigenvalue weighted by atomic mass is 10.0. The molecule has 5 nitrogen and oxygen atoms in total. The Morgan fingerprint density at radius 2 is 1.80 bits per heavy atom. The largest absolute Gasteiger partial charge is 0.339 e. The molecule has 0 radical (unpaired) electrons. The number of sulfone groups is 1. The van der Waals surface area contributed by atoms with Gasteiger partial charge in [-0.3, -0.25) is 4.79 Å². The van der Waals surface area contributed by atoms with Crippen molar-refractivity contribution in [1.82, 2.24) is 9.80 Å². The highest BCUT2D eigenvalue weighted by molar-refractivity contribution is 7.90. The Kier molecular flexibility index (Phi) is 7.44. The monoisotopic (exact) mass is 366 g/mol. The van der Waals surface area contributed by atoms with E-state index in [4.69, 9.17) is 0 Å². The quantitative estimate of drug-likeness (QED) is 0.709. The van der Waals surface area contributed by atoms with E-state index >= 15 is 0 Å². The van der Waals surface area contributed by atoms with E-state index in [-0.39, 0.29) is 11.7 Å². The van der Waals surface area contributed by atoms with Crippen LogP contribution >= 0.6 is 0 Å². The van der Waals surface area contributed by atoms with Crippen LogP contribution in [-0.4, -0.2) is 68.4 Å². The molecule has 0 spiro atoms. The SMILES string of the molecule is CCCN(CCCS(C)(=O)=O)C1CCN(C(=O)c2ccccc2)CC1. The third kappa shape index (κ3) is 6.44. The van der Waals surface area contributed by atoms with E-state index in [0.29, 0.717) is 12.5 Å². The second-order valence-electron chi connectivity index (χ2n) is 6.91. The Labute approximate surface area is 151 Å². The maximum Gasteiger partial charge on any atom is 0.253 e. The molecule has 6 heteroatoms. The van der Waals surface area contributed by atoms with Crippen LogP contribution < -0.4 is 0 Å². The topological polar surface area (TPSA) is 57.7 Å². The second-order valence-corrected chi connectivity index (χ2v) is 9.17. The summed E-state index contributed by atoms with van der Waals surface area (Å²) in [7, 11) is -2.90. The molecule has 0 saturated carbocycles. The summed E-state index contributed by atoms with van der Waals surface area (Å²) in [4.78, 5) is 16.9. The summed E-state index contributed by atoms with van der Waals surface area (Å²) in [5.74, 6) is 0.358. The van der Waals surface area contributed by atoms with Crippen molar-refractivity contribution in [1.29, 1.82) is 0 Å². The van der Waals surface area contributed by atoms with Crippen LogP contribution in [0.2, 0.25) is 0 Å². The fourth-order valence-corrected chi connectivity index (χ4v) is 4.14. The second kappa shape index (κ2) is 9.34. The first-order valence-electron chi connectivity index (χ1n) is 9.17. The number of carbonyl (C=O) groups is 1. The molecule has 1 aliphatic rings. The van der Waals surface area contributed by atoms with Crippen molar-refractivity contribution in [3.8, 4) is 0 Å². The summed E-state index contributed by atoms with van der Waals surface area (Å²) in [5.41, 5.74) is 0.750. The van der Waals surface area contributed by atoms with Gasteiger partial charge in [0.2, 0.25) is 0 Å². The van der Waals surface area contributed by atoms with E-state index in [9.17, 15) is 13.2 Å². The van der Waals surface area contributed by atoms with Crippen molar-refractivity contribution in [3.05, 3.63) is 35.9 Å². The van der Waals surface area contributed by atoms with E-state index in [1.165, 1.54) is 6.26 Å². The van der Waals surface area contributed by atoms with Crippen molar-refractivity contribution < 1.29 is 13.2 Å². The van der Waals surface area contributed by atoms with E-state index in [2.05, 4.69) is 11.8 Å². The summed E-state index contributed by atoms with van der Waals surface area (Å²) in [5, 5.41) is 0. The fraction of sp³-hybridized carbons (Fsp3) is 0.632. The zero-order chi connectivity index (χ0) is 18.3. The molecular formula is C19H30N2O3S. The summed E-state index contributed by atoms with van der Waals surface area (Å²) >= 11 is 0. The molecular weight excluding hydrogens is 336 g/mol. The number of nitrogens with zero attached hydrogens (tertiary/aromatic N) is 2. The van der Waals surface area contributed by atoms with Gasteiger partial charge in [0.05, 0.1) is 5.75 Å². The minimum Gasteiger partial charge on any atom is -0.339 e. The average molecular weight is 367 g/mol. The lowest BCUT2D eigenvalue weighted by molar-refractivity contribution is 0.0618. The van der Waals surface area contributed by atoms with Gasteiger partial charge in [-0.25, -0.2) is 8.42 Å². The normalized spacial score (nSPS) is 16.4. The summed E-state index contributed by atoms with van der Waals surface area (Å²) in [6.07, 6.45) is 4.95. The van der Waals surface area contributed by atoms with Gasteiger partial charge < -0.3 is 9.80 Å². The Balaban J connectivity index is 1.86. The van der Waals surface area contributed by atoms with E-state index < -0.39 is 9.84 Å². The zero-order valence-electron chi connectivity index (χ0n) is 15.4. The minimum absolute atomic E-state index is 0.109. The van der Waals surface area contributed by atoms with Crippen molar-refractivity contribution in [2.24, 2.45) is 0 Å². The van der Waals surface area contributed by atoms with Gasteiger partial charge in [-0.1, -0.05) is 25.1 Å². The molecule has 0 atom stereocenters. The first kappa shape index (κ1) is 19.9. The van der Waals surface area contributed by atoms with Gasteiger partial charge in [0.25, 0.3) is 5.91 Å². The molecule has 1 heterocycles. The van der Waals surface area contributed by atoms with Crippen LogP contribution in [0.5, 0.6) is 0 Å². The van der Waals surface area contributed by atoms with Gasteiger partial charge >= 0.3 is 0 Å². The molecule has 2 rings (SSSR count). The van der Waals surface area contributed by atoms with Crippen LogP contribution in [0.1, 0.15) is 43.0 Å². The Morgan fingerprint density at radius 3 is 2.36 bits per heavy atom. The Morgan fingerprint density at radius 1 is 1.16 bits per heavy atom. The molecule has 1 saturated heterocycles. The third-order valence-electron chi connectivity index (χ3n) is 4.76. The molecule has 1 aliphatic heterocycles. The third-order valence-corrected chi connectivity index (χ3v) is 5.79. The van der Waals surface area contributed by atoms with Gasteiger partial charge in [0.15, 0.2) is 0 Å². The first-order chi connectivity index (χ1) is 11.9. The first-order valence-corrected chi connectivity index (χ1v) is 11.2. The molecule has 25 heavy (non-hydrogen) atoms. The Bertz CT molecular complexity index is 638. The summed E-state index contributed by atoms with van der Waals surface area (Å²) in [6, 6.07) is 9.88. The summed E-state index contributed by atoms with van der Waals surface area (Å²) < 4.78 is 22.7. The average Bonchev–Trinajstić information content (AvgIpc) is 2.60. The standard InChI is InChI=1S/C19H30N2O3S/c1-3-12-20(13-7-16-25(2,23)24)18-10-14-21(15-11-18)19(22)17-8-5-4-6-9-17/h4-6,8-9,18H,3,7,10-16H2,1-2H3. The molecule has 0 bridgehead atoms. The van der Waals surface area contributed by atoms with Crippen LogP contribution in [0.25, 0.3) is 0 Å². The molecule has 0 aliphatic carbocycles. The van der Waals surface area contributed by atoms with Crippen LogP contribution in [0, 0.1) is 0 Å². The van der Waals surface area contributed by atoms with Crippen molar-refractivity contribution in [2.75, 3.05) is 38.2 Å². The molecule has 1 amide bonds. The molecule has 1 aromatic carbocycles. The van der Waals surface area contributed by atoms with Crippen LogP contribution in [0.4, 0.5) is 0 Å². The number of hydrogen-bond donors (Lipinski definition) is 0. The maximum absolute atomic E-state index is 12.5. The van der Waals surface area contributed by atoms with E-state index in [1.807, 2.05) is 35.2 Å². The lowest BCUT2D eigenvalue weighted by Gasteiger charge is -2.38. The molecule has 1 aromatic rings. The van der Waals surface area contributed by atoms with Crippen molar-refractivity contribution in [2.45, 2.75) is 38.6 Å². The smallest absolute Gasteiger partial charge is 0.253 e. The molecule has 0 aromatic heterocycles. The highest BCUT2D eigenvalue weighted by Crippen LogP contribution is 2.19. The molecule has 0 unspecified atom stereocenters. The van der Waals surface area contributed by atoms with Gasteiger partial charge in [0, 0.05) is 31.0 Å². The van der Waals surface area contributed by atoms with Gasteiger partial charge in [-0.15, -0.1) is 0 Å². The fourth-order valence-electron chi connectivity index (χ4n) is 3.49. The van der Waals surface area contributed by atoms with E-state index in [1.54, 1.807) is 0 Å². The van der Waals surface area contributed by atoms with Crippen molar-refractivity contribution in [3.63, 3.8) is 0 Å². The lowest BCUT2D eigenvalue weighted by Crippen LogP contribution is -2.47. The number of benzene rings is 1. The number of likely N-dealkylation sites (tertiary alicyclic amines) is 1. The summed E-state index contributed by atoms with van der Waals surface area (Å²) in [6.45, 7) is 5.49. The van der Waals surface area contributed by atoms with Gasteiger partial charge in [-0.2, -0.15) is 0 Å². The highest BCUT2D eigenvalue weighted by Gasteiger charge is 2.27. The number of carbonyl (C=O) groups excluding carboxylic acids is 1. The van der Waals surface area contributed by atoms with Crippen LogP contribution in [-0.2, 0) is 9.84 Å². The predicted molar refractivity (Wildman–Crippen MR) is 102 cm³/mol. The predicted octanol–water partition coefficient (Wildman–Crippen LogP) is 2.44. The maximum atomic E-state index is 12.5. The molecule has 0 N–H and O–H groups in total. The Hall–Kier alpha value is -1.40.